The van der Waals surface area contributed by atoms with Gasteiger partial charge in [-0.15, -0.1) is 11.3 Å². The maximum absolute atomic E-state index is 12.6. The van der Waals surface area contributed by atoms with Crippen LogP contribution in [0.2, 0.25) is 0 Å². The number of thiazole rings is 1. The minimum atomic E-state index is -0.129. The molecule has 0 radical (unpaired) electrons. The maximum atomic E-state index is 12.6. The largest absolute Gasteiger partial charge is 0.373 e. The highest BCUT2D eigenvalue weighted by Gasteiger charge is 2.22. The van der Waals surface area contributed by atoms with Crippen molar-refractivity contribution in [3.63, 3.8) is 0 Å². The van der Waals surface area contributed by atoms with Crippen molar-refractivity contribution in [3.8, 4) is 0 Å². The van der Waals surface area contributed by atoms with Gasteiger partial charge in [-0.1, -0.05) is 30.3 Å². The van der Waals surface area contributed by atoms with Crippen molar-refractivity contribution < 1.29 is 9.53 Å². The average molecular weight is 382 g/mol. The van der Waals surface area contributed by atoms with E-state index in [9.17, 15) is 4.79 Å². The second-order valence-corrected chi connectivity index (χ2v) is 7.97. The molecule has 1 saturated heterocycles. The Morgan fingerprint density at radius 2 is 1.93 bits per heavy atom. The van der Waals surface area contributed by atoms with Crippen LogP contribution in [0.1, 0.15) is 29.9 Å². The van der Waals surface area contributed by atoms with E-state index in [1.54, 1.807) is 0 Å². The van der Waals surface area contributed by atoms with Crippen molar-refractivity contribution in [2.24, 2.45) is 0 Å². The summed E-state index contributed by atoms with van der Waals surface area (Å²) in [5.41, 5.74) is 1.62. The van der Waals surface area contributed by atoms with Crippen LogP contribution in [0, 0.1) is 0 Å². The van der Waals surface area contributed by atoms with Crippen molar-refractivity contribution in [2.45, 2.75) is 32.6 Å². The number of carbonyl (C=O) groups excluding carboxylic acids is 1. The van der Waals surface area contributed by atoms with Crippen LogP contribution in [0.4, 0.5) is 5.13 Å². The molecule has 1 fully saturated rings. The normalized spacial score (nSPS) is 20.7. The summed E-state index contributed by atoms with van der Waals surface area (Å²) in [7, 11) is 0. The number of aromatic nitrogens is 1. The first kappa shape index (κ1) is 18.1. The number of fused-ring (bicyclic) bond motifs is 1. The number of rotatable bonds is 4. The van der Waals surface area contributed by atoms with E-state index in [1.165, 1.54) is 11.3 Å². The van der Waals surface area contributed by atoms with Crippen molar-refractivity contribution in [1.29, 1.82) is 0 Å². The third kappa shape index (κ3) is 4.35. The molecule has 2 aromatic carbocycles. The first-order chi connectivity index (χ1) is 13.1. The number of carbonyl (C=O) groups is 1. The molecule has 0 unspecified atom stereocenters. The van der Waals surface area contributed by atoms with Gasteiger partial charge in [0.15, 0.2) is 5.13 Å². The predicted molar refractivity (Wildman–Crippen MR) is 109 cm³/mol. The van der Waals surface area contributed by atoms with Crippen LogP contribution < -0.4 is 5.32 Å². The van der Waals surface area contributed by atoms with Gasteiger partial charge in [0.1, 0.15) is 0 Å². The topological polar surface area (TPSA) is 54.5 Å². The van der Waals surface area contributed by atoms with E-state index in [1.807, 2.05) is 47.8 Å². The molecule has 1 aliphatic heterocycles. The Morgan fingerprint density at radius 3 is 2.70 bits per heavy atom. The van der Waals surface area contributed by atoms with Gasteiger partial charge in [-0.2, -0.15) is 0 Å². The Morgan fingerprint density at radius 1 is 1.19 bits per heavy atom. The fourth-order valence-corrected chi connectivity index (χ4v) is 4.28. The smallest absolute Gasteiger partial charge is 0.257 e. The van der Waals surface area contributed by atoms with Gasteiger partial charge >= 0.3 is 0 Å². The molecule has 3 aromatic rings. The zero-order valence-electron chi connectivity index (χ0n) is 15.5. The number of morpholine rings is 1. The van der Waals surface area contributed by atoms with Gasteiger partial charge in [0.25, 0.3) is 5.91 Å². The summed E-state index contributed by atoms with van der Waals surface area (Å²) in [6.45, 7) is 6.78. The zero-order valence-corrected chi connectivity index (χ0v) is 16.3. The Kier molecular flexibility index (Phi) is 5.20. The monoisotopic (exact) mass is 381 g/mol. The summed E-state index contributed by atoms with van der Waals surface area (Å²) in [6.07, 6.45) is 0.471. The summed E-state index contributed by atoms with van der Waals surface area (Å²) >= 11 is 1.47. The third-order valence-electron chi connectivity index (χ3n) is 4.66. The number of nitrogens with zero attached hydrogens (tertiary/aromatic N) is 2. The van der Waals surface area contributed by atoms with Crippen LogP contribution in [0.5, 0.6) is 0 Å². The van der Waals surface area contributed by atoms with Gasteiger partial charge < -0.3 is 4.74 Å². The van der Waals surface area contributed by atoms with E-state index in [0.29, 0.717) is 10.7 Å². The van der Waals surface area contributed by atoms with Gasteiger partial charge in [0, 0.05) is 30.6 Å². The van der Waals surface area contributed by atoms with Crippen LogP contribution in [-0.4, -0.2) is 41.1 Å². The molecule has 0 aliphatic carbocycles. The number of hydrogen-bond acceptors (Lipinski definition) is 5. The number of hydrogen-bond donors (Lipinski definition) is 1. The quantitative estimate of drug-likeness (QED) is 0.737. The summed E-state index contributed by atoms with van der Waals surface area (Å²) in [4.78, 5) is 19.5. The highest BCUT2D eigenvalue weighted by atomic mass is 32.1. The molecule has 4 rings (SSSR count). The summed E-state index contributed by atoms with van der Waals surface area (Å²) in [5, 5.41) is 7.76. The molecule has 6 heteroatoms. The van der Waals surface area contributed by atoms with Crippen LogP contribution in [0.25, 0.3) is 10.8 Å². The van der Waals surface area contributed by atoms with Crippen LogP contribution in [0.3, 0.4) is 0 Å². The van der Waals surface area contributed by atoms with Crippen molar-refractivity contribution >= 4 is 33.1 Å². The minimum absolute atomic E-state index is 0.129. The number of ether oxygens (including phenoxy) is 1. The van der Waals surface area contributed by atoms with Crippen LogP contribution in [-0.2, 0) is 11.3 Å². The predicted octanol–water partition coefficient (Wildman–Crippen LogP) is 4.16. The highest BCUT2D eigenvalue weighted by molar-refractivity contribution is 7.14. The number of anilines is 1. The Hall–Kier alpha value is -2.28. The number of nitrogens with one attached hydrogen (secondary N) is 1. The van der Waals surface area contributed by atoms with Gasteiger partial charge in [-0.05, 0) is 36.8 Å². The fourth-order valence-electron chi connectivity index (χ4n) is 3.58. The van der Waals surface area contributed by atoms with Gasteiger partial charge in [0.2, 0.25) is 0 Å². The zero-order chi connectivity index (χ0) is 18.8. The van der Waals surface area contributed by atoms with Gasteiger partial charge in [-0.25, -0.2) is 4.98 Å². The van der Waals surface area contributed by atoms with E-state index in [4.69, 9.17) is 4.74 Å². The molecule has 1 amide bonds. The first-order valence-electron chi connectivity index (χ1n) is 9.19. The minimum Gasteiger partial charge on any atom is -0.373 e. The van der Waals surface area contributed by atoms with Gasteiger partial charge in [0.05, 0.1) is 17.9 Å². The average Bonchev–Trinajstić information content (AvgIpc) is 3.07. The molecule has 2 atom stereocenters. The highest BCUT2D eigenvalue weighted by Crippen LogP contribution is 2.21. The molecular formula is C21H23N3O2S. The lowest BCUT2D eigenvalue weighted by Gasteiger charge is -2.34. The van der Waals surface area contributed by atoms with Gasteiger partial charge in [-0.3, -0.25) is 15.0 Å². The molecular weight excluding hydrogens is 358 g/mol. The summed E-state index contributed by atoms with van der Waals surface area (Å²) in [5.74, 6) is -0.129. The van der Waals surface area contributed by atoms with E-state index in [0.717, 1.165) is 36.1 Å². The summed E-state index contributed by atoms with van der Waals surface area (Å²) < 4.78 is 5.77. The Balaban J connectivity index is 1.41. The SMILES string of the molecule is C[C@@H]1CN(Cc2csc(NC(=O)c3ccc4ccccc4c3)n2)C[C@H](C)O1. The molecule has 140 valence electrons. The lowest BCUT2D eigenvalue weighted by atomic mass is 10.1. The third-order valence-corrected chi connectivity index (χ3v) is 5.47. The molecule has 5 nitrogen and oxygen atoms in total. The molecule has 0 spiro atoms. The van der Waals surface area contributed by atoms with Crippen molar-refractivity contribution in [1.82, 2.24) is 9.88 Å². The maximum Gasteiger partial charge on any atom is 0.257 e. The standard InChI is InChI=1S/C21H23N3O2S/c1-14-10-24(11-15(2)26-14)12-19-13-27-21(22-19)23-20(25)18-8-7-16-5-3-4-6-17(16)9-18/h3-9,13-15H,10-12H2,1-2H3,(H,22,23,25)/t14-,15+. The Labute approximate surface area is 163 Å². The molecule has 27 heavy (non-hydrogen) atoms. The van der Waals surface area contributed by atoms with Crippen LogP contribution in [0.15, 0.2) is 47.8 Å². The van der Waals surface area contributed by atoms with E-state index in [-0.39, 0.29) is 18.1 Å². The molecule has 1 aromatic heterocycles. The van der Waals surface area contributed by atoms with Crippen LogP contribution >= 0.6 is 11.3 Å². The van der Waals surface area contributed by atoms with Crippen molar-refractivity contribution in [2.75, 3.05) is 18.4 Å². The number of benzene rings is 2. The molecule has 1 aliphatic rings. The molecule has 1 N–H and O–H groups in total. The second kappa shape index (κ2) is 7.76. The molecule has 0 bridgehead atoms. The lowest BCUT2D eigenvalue weighted by molar-refractivity contribution is -0.0707. The van der Waals surface area contributed by atoms with E-state index in [2.05, 4.69) is 29.0 Å². The summed E-state index contributed by atoms with van der Waals surface area (Å²) in [6, 6.07) is 13.8. The van der Waals surface area contributed by atoms with Crippen molar-refractivity contribution in [3.05, 3.63) is 59.1 Å². The van der Waals surface area contributed by atoms with E-state index < -0.39 is 0 Å². The molecule has 2 heterocycles. The fraction of sp³-hybridized carbons (Fsp3) is 0.333. The lowest BCUT2D eigenvalue weighted by Crippen LogP contribution is -2.44. The first-order valence-corrected chi connectivity index (χ1v) is 10.1. The molecule has 0 saturated carbocycles. The second-order valence-electron chi connectivity index (χ2n) is 7.11. The van der Waals surface area contributed by atoms with E-state index >= 15 is 0 Å². The number of amides is 1. The Bertz CT molecular complexity index is 945.